The molecule has 1 aliphatic rings. The van der Waals surface area contributed by atoms with E-state index in [1.54, 1.807) is 0 Å². The molecule has 142 valence electrons. The molecule has 0 saturated carbocycles. The highest BCUT2D eigenvalue weighted by Gasteiger charge is 2.15. The van der Waals surface area contributed by atoms with Gasteiger partial charge in [0, 0.05) is 25.1 Å². The first-order chi connectivity index (χ1) is 13.1. The Morgan fingerprint density at radius 2 is 2.07 bits per heavy atom. The maximum absolute atomic E-state index is 11.9. The molecule has 2 amide bonds. The molecular formula is C22H26N2O3. The second-order valence-corrected chi connectivity index (χ2v) is 6.91. The number of amides is 2. The van der Waals surface area contributed by atoms with Gasteiger partial charge in [0.15, 0.2) is 0 Å². The van der Waals surface area contributed by atoms with Gasteiger partial charge in [-0.3, -0.25) is 9.59 Å². The van der Waals surface area contributed by atoms with Crippen LogP contribution in [0.4, 0.5) is 5.69 Å². The summed E-state index contributed by atoms with van der Waals surface area (Å²) >= 11 is 0. The van der Waals surface area contributed by atoms with Crippen molar-refractivity contribution in [1.82, 2.24) is 5.32 Å². The summed E-state index contributed by atoms with van der Waals surface area (Å²) in [6, 6.07) is 14.0. The minimum absolute atomic E-state index is 0.0550. The van der Waals surface area contributed by atoms with E-state index in [0.717, 1.165) is 29.8 Å². The van der Waals surface area contributed by atoms with Crippen molar-refractivity contribution in [2.24, 2.45) is 0 Å². The van der Waals surface area contributed by atoms with Crippen molar-refractivity contribution < 1.29 is 14.3 Å². The van der Waals surface area contributed by atoms with Crippen LogP contribution in [0.25, 0.3) is 0 Å². The van der Waals surface area contributed by atoms with E-state index < -0.39 is 0 Å². The van der Waals surface area contributed by atoms with Gasteiger partial charge in [-0.2, -0.15) is 0 Å². The lowest BCUT2D eigenvalue weighted by atomic mass is 10.0. The molecule has 2 aromatic carbocycles. The fourth-order valence-corrected chi connectivity index (χ4v) is 3.17. The first kappa shape index (κ1) is 19.0. The lowest BCUT2D eigenvalue weighted by molar-refractivity contribution is -0.121. The predicted molar refractivity (Wildman–Crippen MR) is 106 cm³/mol. The van der Waals surface area contributed by atoms with Gasteiger partial charge < -0.3 is 15.4 Å². The van der Waals surface area contributed by atoms with E-state index in [-0.39, 0.29) is 11.8 Å². The molecule has 27 heavy (non-hydrogen) atoms. The third kappa shape index (κ3) is 5.84. The minimum Gasteiger partial charge on any atom is -0.494 e. The van der Waals surface area contributed by atoms with Crippen LogP contribution < -0.4 is 15.4 Å². The molecule has 5 heteroatoms. The van der Waals surface area contributed by atoms with Crippen molar-refractivity contribution in [3.05, 3.63) is 59.2 Å². The Bertz CT molecular complexity index is 817. The third-order valence-corrected chi connectivity index (χ3v) is 4.61. The number of hydrogen-bond acceptors (Lipinski definition) is 3. The van der Waals surface area contributed by atoms with Crippen LogP contribution in [-0.4, -0.2) is 25.0 Å². The zero-order valence-corrected chi connectivity index (χ0v) is 15.7. The van der Waals surface area contributed by atoms with Crippen LogP contribution in [0.3, 0.4) is 0 Å². The molecule has 2 N–H and O–H groups in total. The molecule has 5 nitrogen and oxygen atoms in total. The summed E-state index contributed by atoms with van der Waals surface area (Å²) in [6.45, 7) is 3.22. The number of aryl methyl sites for hydroxylation is 2. The van der Waals surface area contributed by atoms with Gasteiger partial charge in [-0.05, 0) is 55.5 Å². The average molecular weight is 366 g/mol. The molecule has 0 aliphatic carbocycles. The van der Waals surface area contributed by atoms with Crippen LogP contribution in [0.15, 0.2) is 42.5 Å². The second-order valence-electron chi connectivity index (χ2n) is 6.91. The lowest BCUT2D eigenvalue weighted by Crippen LogP contribution is -2.25. The molecule has 0 spiro atoms. The van der Waals surface area contributed by atoms with E-state index in [9.17, 15) is 9.59 Å². The number of ether oxygens (including phenoxy) is 1. The minimum atomic E-state index is 0.0550. The van der Waals surface area contributed by atoms with E-state index in [4.69, 9.17) is 4.74 Å². The quantitative estimate of drug-likeness (QED) is 0.704. The Kier molecular flexibility index (Phi) is 6.47. The standard InChI is InChI=1S/C22H26N2O3/c1-16-4-2-5-17(14-16)11-12-23-21(25)6-3-13-27-19-8-9-20-18(15-19)7-10-22(26)24-20/h2,4-5,8-9,14-15H,3,6-7,10-13H2,1H3,(H,23,25)(H,24,26). The number of nitrogens with one attached hydrogen (secondary N) is 2. The van der Waals surface area contributed by atoms with Gasteiger partial charge >= 0.3 is 0 Å². The number of benzene rings is 2. The van der Waals surface area contributed by atoms with Gasteiger partial charge in [0.25, 0.3) is 0 Å². The maximum atomic E-state index is 11.9. The van der Waals surface area contributed by atoms with Crippen molar-refractivity contribution in [2.75, 3.05) is 18.5 Å². The van der Waals surface area contributed by atoms with Gasteiger partial charge in [-0.25, -0.2) is 0 Å². The lowest BCUT2D eigenvalue weighted by Gasteiger charge is -2.17. The van der Waals surface area contributed by atoms with Crippen LogP contribution >= 0.6 is 0 Å². The largest absolute Gasteiger partial charge is 0.494 e. The highest BCUT2D eigenvalue weighted by molar-refractivity contribution is 5.94. The van der Waals surface area contributed by atoms with Crippen LogP contribution in [0.5, 0.6) is 5.75 Å². The van der Waals surface area contributed by atoms with Crippen molar-refractivity contribution in [3.8, 4) is 5.75 Å². The van der Waals surface area contributed by atoms with E-state index in [0.29, 0.717) is 32.4 Å². The third-order valence-electron chi connectivity index (χ3n) is 4.61. The number of carbonyl (C=O) groups is 2. The number of anilines is 1. The highest BCUT2D eigenvalue weighted by Crippen LogP contribution is 2.26. The van der Waals surface area contributed by atoms with Crippen LogP contribution in [-0.2, 0) is 22.4 Å². The smallest absolute Gasteiger partial charge is 0.224 e. The molecule has 0 bridgehead atoms. The molecule has 2 aromatic rings. The summed E-state index contributed by atoms with van der Waals surface area (Å²) in [4.78, 5) is 23.3. The van der Waals surface area contributed by atoms with Crippen molar-refractivity contribution in [3.63, 3.8) is 0 Å². The Labute approximate surface area is 160 Å². The van der Waals surface area contributed by atoms with Gasteiger partial charge in [0.1, 0.15) is 5.75 Å². The van der Waals surface area contributed by atoms with Gasteiger partial charge in [-0.1, -0.05) is 29.8 Å². The zero-order valence-electron chi connectivity index (χ0n) is 15.7. The SMILES string of the molecule is Cc1cccc(CCNC(=O)CCCOc2ccc3c(c2)CCC(=O)N3)c1. The normalized spacial score (nSPS) is 12.9. The molecule has 0 atom stereocenters. The second kappa shape index (κ2) is 9.21. The number of hydrogen-bond donors (Lipinski definition) is 2. The monoisotopic (exact) mass is 366 g/mol. The summed E-state index contributed by atoms with van der Waals surface area (Å²) in [5, 5.41) is 5.82. The summed E-state index contributed by atoms with van der Waals surface area (Å²) in [5.41, 5.74) is 4.44. The topological polar surface area (TPSA) is 67.4 Å². The van der Waals surface area contributed by atoms with Gasteiger partial charge in [0.2, 0.25) is 11.8 Å². The fraction of sp³-hybridized carbons (Fsp3) is 0.364. The molecule has 0 aromatic heterocycles. The maximum Gasteiger partial charge on any atom is 0.224 e. The summed E-state index contributed by atoms with van der Waals surface area (Å²) in [7, 11) is 0. The fourth-order valence-electron chi connectivity index (χ4n) is 3.17. The first-order valence-corrected chi connectivity index (χ1v) is 9.48. The summed E-state index contributed by atoms with van der Waals surface area (Å²) in [6.07, 6.45) is 3.22. The molecule has 0 fully saturated rings. The molecule has 1 heterocycles. The molecule has 1 aliphatic heterocycles. The molecule has 0 saturated heterocycles. The van der Waals surface area contributed by atoms with E-state index in [1.165, 1.54) is 11.1 Å². The number of carbonyl (C=O) groups excluding carboxylic acids is 2. The van der Waals surface area contributed by atoms with Crippen molar-refractivity contribution in [1.29, 1.82) is 0 Å². The number of rotatable bonds is 8. The average Bonchev–Trinajstić information content (AvgIpc) is 2.65. The van der Waals surface area contributed by atoms with E-state index >= 15 is 0 Å². The van der Waals surface area contributed by atoms with Gasteiger partial charge in [-0.15, -0.1) is 0 Å². The predicted octanol–water partition coefficient (Wildman–Crippen LogP) is 3.40. The number of fused-ring (bicyclic) bond motifs is 1. The molecular weight excluding hydrogens is 340 g/mol. The molecule has 3 rings (SSSR count). The highest BCUT2D eigenvalue weighted by atomic mass is 16.5. The molecule has 0 radical (unpaired) electrons. The van der Waals surface area contributed by atoms with Gasteiger partial charge in [0.05, 0.1) is 6.61 Å². The van der Waals surface area contributed by atoms with Crippen molar-refractivity contribution >= 4 is 17.5 Å². The Hall–Kier alpha value is -2.82. The summed E-state index contributed by atoms with van der Waals surface area (Å²) < 4.78 is 5.74. The molecule has 0 unspecified atom stereocenters. The zero-order chi connectivity index (χ0) is 19.1. The van der Waals surface area contributed by atoms with Crippen molar-refractivity contribution in [2.45, 2.75) is 39.0 Å². The van der Waals surface area contributed by atoms with E-state index in [1.807, 2.05) is 24.3 Å². The first-order valence-electron chi connectivity index (χ1n) is 9.48. The Morgan fingerprint density at radius 1 is 1.19 bits per heavy atom. The Morgan fingerprint density at radius 3 is 2.93 bits per heavy atom. The van der Waals surface area contributed by atoms with Crippen LogP contribution in [0.1, 0.15) is 36.0 Å². The Balaban J connectivity index is 1.33. The van der Waals surface area contributed by atoms with Crippen LogP contribution in [0.2, 0.25) is 0 Å². The van der Waals surface area contributed by atoms with Crippen LogP contribution in [0, 0.1) is 6.92 Å². The summed E-state index contributed by atoms with van der Waals surface area (Å²) in [5.74, 6) is 0.897. The van der Waals surface area contributed by atoms with E-state index in [2.05, 4.69) is 35.8 Å².